The largest absolute Gasteiger partial charge is 0.370 e. The molecule has 6 heteroatoms. The van der Waals surface area contributed by atoms with E-state index in [0.717, 1.165) is 41.0 Å². The van der Waals surface area contributed by atoms with E-state index in [2.05, 4.69) is 27.5 Å². The van der Waals surface area contributed by atoms with Crippen LogP contribution in [-0.4, -0.2) is 22.8 Å². The minimum absolute atomic E-state index is 0.683. The topological polar surface area (TPSA) is 49.8 Å². The Bertz CT molecular complexity index is 619. The van der Waals surface area contributed by atoms with Crippen molar-refractivity contribution < 1.29 is 0 Å². The van der Waals surface area contributed by atoms with Gasteiger partial charge in [-0.2, -0.15) is 0 Å². The van der Waals surface area contributed by atoms with E-state index < -0.39 is 0 Å². The van der Waals surface area contributed by atoms with Gasteiger partial charge in [0.25, 0.3) is 0 Å². The molecule has 0 saturated heterocycles. The molecular weight excluding hydrogens is 304 g/mol. The second-order valence-corrected chi connectivity index (χ2v) is 5.84. The summed E-state index contributed by atoms with van der Waals surface area (Å²) in [6.07, 6.45) is 3.01. The second kappa shape index (κ2) is 7.52. The molecule has 1 aromatic heterocycles. The lowest BCUT2D eigenvalue weighted by molar-refractivity contribution is 0.929. The predicted octanol–water partition coefficient (Wildman–Crippen LogP) is 4.73. The molecule has 1 aromatic carbocycles. The molecule has 0 amide bonds. The lowest BCUT2D eigenvalue weighted by Gasteiger charge is -2.11. The average molecular weight is 323 g/mol. The number of nitrogens with one attached hydrogen (secondary N) is 2. The number of thioether (sulfide) groups is 1. The number of aromatic nitrogens is 2. The van der Waals surface area contributed by atoms with E-state index in [9.17, 15) is 0 Å². The van der Waals surface area contributed by atoms with E-state index in [1.165, 1.54) is 11.8 Å². The minimum atomic E-state index is 0.683. The number of hydrogen-bond acceptors (Lipinski definition) is 5. The van der Waals surface area contributed by atoms with Gasteiger partial charge in [0, 0.05) is 12.6 Å². The Kier molecular flexibility index (Phi) is 5.70. The van der Waals surface area contributed by atoms with E-state index in [-0.39, 0.29) is 0 Å². The molecule has 1 heterocycles. The monoisotopic (exact) mass is 322 g/mol. The van der Waals surface area contributed by atoms with Gasteiger partial charge in [-0.1, -0.05) is 36.4 Å². The van der Waals surface area contributed by atoms with Gasteiger partial charge in [0.2, 0.25) is 0 Å². The van der Waals surface area contributed by atoms with Gasteiger partial charge >= 0.3 is 0 Å². The molecule has 4 nitrogen and oxygen atoms in total. The molecule has 21 heavy (non-hydrogen) atoms. The number of anilines is 3. The van der Waals surface area contributed by atoms with Crippen molar-refractivity contribution in [3.05, 3.63) is 34.9 Å². The zero-order valence-electron chi connectivity index (χ0n) is 12.4. The summed E-state index contributed by atoms with van der Waals surface area (Å²) >= 11 is 7.76. The first kappa shape index (κ1) is 15.9. The van der Waals surface area contributed by atoms with Crippen LogP contribution in [0.1, 0.15) is 18.9 Å². The van der Waals surface area contributed by atoms with E-state index in [0.29, 0.717) is 5.02 Å². The fraction of sp³-hybridized carbons (Fsp3) is 0.333. The van der Waals surface area contributed by atoms with Crippen LogP contribution in [0.3, 0.4) is 0 Å². The Morgan fingerprint density at radius 3 is 2.62 bits per heavy atom. The Labute approximate surface area is 134 Å². The summed E-state index contributed by atoms with van der Waals surface area (Å²) in [5.41, 5.74) is 1.97. The summed E-state index contributed by atoms with van der Waals surface area (Å²) in [5, 5.41) is 7.94. The zero-order valence-corrected chi connectivity index (χ0v) is 14.0. The molecule has 0 spiro atoms. The van der Waals surface area contributed by atoms with Crippen LogP contribution in [-0.2, 0) is 0 Å². The standard InChI is InChI=1S/C15H19ClN4S/c1-4-7-17-13-9-14(20-15(19-13)21-3)18-12-6-5-10(2)8-11(12)16/h5-6,8-9H,4,7H2,1-3H3,(H2,17,18,19,20). The van der Waals surface area contributed by atoms with Crippen LogP contribution in [0, 0.1) is 6.92 Å². The molecule has 112 valence electrons. The number of halogens is 1. The molecule has 2 N–H and O–H groups in total. The molecule has 0 bridgehead atoms. The van der Waals surface area contributed by atoms with Crippen LogP contribution < -0.4 is 10.6 Å². The van der Waals surface area contributed by atoms with E-state index in [4.69, 9.17) is 11.6 Å². The maximum absolute atomic E-state index is 6.25. The Morgan fingerprint density at radius 2 is 1.95 bits per heavy atom. The first-order chi connectivity index (χ1) is 10.1. The van der Waals surface area contributed by atoms with Gasteiger partial charge in [-0.05, 0) is 37.3 Å². The van der Waals surface area contributed by atoms with Gasteiger partial charge in [-0.3, -0.25) is 0 Å². The highest BCUT2D eigenvalue weighted by Gasteiger charge is 2.06. The lowest BCUT2D eigenvalue weighted by atomic mass is 10.2. The maximum atomic E-state index is 6.25. The predicted molar refractivity (Wildman–Crippen MR) is 92.1 cm³/mol. The fourth-order valence-electron chi connectivity index (χ4n) is 1.78. The molecule has 2 aromatic rings. The molecule has 0 aliphatic heterocycles. The number of nitrogens with zero attached hydrogens (tertiary/aromatic N) is 2. The van der Waals surface area contributed by atoms with Crippen molar-refractivity contribution in [2.45, 2.75) is 25.4 Å². The van der Waals surface area contributed by atoms with Crippen molar-refractivity contribution in [2.75, 3.05) is 23.4 Å². The Morgan fingerprint density at radius 1 is 1.19 bits per heavy atom. The Hall–Kier alpha value is -1.46. The summed E-state index contributed by atoms with van der Waals surface area (Å²) in [6.45, 7) is 5.02. The fourth-order valence-corrected chi connectivity index (χ4v) is 2.45. The van der Waals surface area contributed by atoms with Gasteiger partial charge in [0.1, 0.15) is 11.6 Å². The van der Waals surface area contributed by atoms with E-state index >= 15 is 0 Å². The van der Waals surface area contributed by atoms with E-state index in [1.807, 2.05) is 37.4 Å². The molecule has 0 aliphatic carbocycles. The first-order valence-corrected chi connectivity index (χ1v) is 8.42. The Balaban J connectivity index is 2.25. The normalized spacial score (nSPS) is 10.5. The minimum Gasteiger partial charge on any atom is -0.370 e. The third-order valence-corrected chi connectivity index (χ3v) is 3.69. The quantitative estimate of drug-likeness (QED) is 0.595. The highest BCUT2D eigenvalue weighted by atomic mass is 35.5. The summed E-state index contributed by atoms with van der Waals surface area (Å²) in [4.78, 5) is 8.90. The summed E-state index contributed by atoms with van der Waals surface area (Å²) < 4.78 is 0. The molecular formula is C15H19ClN4S. The van der Waals surface area contributed by atoms with Crippen LogP contribution in [0.5, 0.6) is 0 Å². The molecule has 0 saturated carbocycles. The highest BCUT2D eigenvalue weighted by Crippen LogP contribution is 2.27. The highest BCUT2D eigenvalue weighted by molar-refractivity contribution is 7.98. The van der Waals surface area contributed by atoms with Gasteiger partial charge in [-0.15, -0.1) is 0 Å². The molecule has 0 unspecified atom stereocenters. The van der Waals surface area contributed by atoms with Crippen LogP contribution >= 0.6 is 23.4 Å². The zero-order chi connectivity index (χ0) is 15.2. The third kappa shape index (κ3) is 4.51. The number of aryl methyl sites for hydroxylation is 1. The van der Waals surface area contributed by atoms with Crippen molar-refractivity contribution in [3.8, 4) is 0 Å². The van der Waals surface area contributed by atoms with Crippen LogP contribution in [0.25, 0.3) is 0 Å². The van der Waals surface area contributed by atoms with Gasteiger partial charge in [0.05, 0.1) is 10.7 Å². The summed E-state index contributed by atoms with van der Waals surface area (Å²) in [7, 11) is 0. The van der Waals surface area contributed by atoms with Crippen molar-refractivity contribution in [2.24, 2.45) is 0 Å². The van der Waals surface area contributed by atoms with Gasteiger partial charge in [-0.25, -0.2) is 9.97 Å². The van der Waals surface area contributed by atoms with Crippen molar-refractivity contribution in [1.82, 2.24) is 9.97 Å². The van der Waals surface area contributed by atoms with Crippen LogP contribution in [0.2, 0.25) is 5.02 Å². The number of rotatable bonds is 6. The van der Waals surface area contributed by atoms with Crippen molar-refractivity contribution in [3.63, 3.8) is 0 Å². The molecule has 0 atom stereocenters. The second-order valence-electron chi connectivity index (χ2n) is 4.66. The molecule has 0 radical (unpaired) electrons. The smallest absolute Gasteiger partial charge is 0.191 e. The van der Waals surface area contributed by atoms with Gasteiger partial charge in [0.15, 0.2) is 5.16 Å². The summed E-state index contributed by atoms with van der Waals surface area (Å²) in [6, 6.07) is 7.79. The average Bonchev–Trinajstić information content (AvgIpc) is 2.48. The van der Waals surface area contributed by atoms with Crippen LogP contribution in [0.4, 0.5) is 17.3 Å². The number of benzene rings is 1. The number of hydrogen-bond donors (Lipinski definition) is 2. The SMILES string of the molecule is CCCNc1cc(Nc2ccc(C)cc2Cl)nc(SC)n1. The summed E-state index contributed by atoms with van der Waals surface area (Å²) in [5.74, 6) is 1.56. The van der Waals surface area contributed by atoms with Crippen LogP contribution in [0.15, 0.2) is 29.4 Å². The molecule has 0 aliphatic rings. The van der Waals surface area contributed by atoms with Crippen molar-refractivity contribution in [1.29, 1.82) is 0 Å². The first-order valence-electron chi connectivity index (χ1n) is 6.82. The van der Waals surface area contributed by atoms with Crippen molar-refractivity contribution >= 4 is 40.7 Å². The molecule has 2 rings (SSSR count). The maximum Gasteiger partial charge on any atom is 0.191 e. The van der Waals surface area contributed by atoms with Gasteiger partial charge < -0.3 is 10.6 Å². The molecule has 0 fully saturated rings. The van der Waals surface area contributed by atoms with E-state index in [1.54, 1.807) is 0 Å². The lowest BCUT2D eigenvalue weighted by Crippen LogP contribution is -2.05. The third-order valence-electron chi connectivity index (χ3n) is 2.83.